The van der Waals surface area contributed by atoms with Gasteiger partial charge in [0.2, 0.25) is 0 Å². The first kappa shape index (κ1) is 9.47. The third-order valence-corrected chi connectivity index (χ3v) is 2.93. The molecule has 0 radical (unpaired) electrons. The van der Waals surface area contributed by atoms with Gasteiger partial charge < -0.3 is 5.73 Å². The monoisotopic (exact) mass is 187 g/mol. The second-order valence-electron chi connectivity index (χ2n) is 4.02. The van der Waals surface area contributed by atoms with Gasteiger partial charge in [-0.15, -0.1) is 0 Å². The first-order valence-electron chi connectivity index (χ1n) is 5.32. The fraction of sp³-hybridized carbons (Fsp3) is 0.385. The maximum atomic E-state index is 6.11. The van der Waals surface area contributed by atoms with Crippen LogP contribution in [-0.4, -0.2) is 6.04 Å². The molecule has 1 unspecified atom stereocenters. The fourth-order valence-corrected chi connectivity index (χ4v) is 1.98. The van der Waals surface area contributed by atoms with Crippen molar-refractivity contribution in [1.82, 2.24) is 0 Å². The van der Waals surface area contributed by atoms with Crippen molar-refractivity contribution >= 4 is 0 Å². The van der Waals surface area contributed by atoms with Gasteiger partial charge in [0.15, 0.2) is 0 Å². The van der Waals surface area contributed by atoms with Crippen molar-refractivity contribution < 1.29 is 0 Å². The molecule has 74 valence electrons. The van der Waals surface area contributed by atoms with Crippen molar-refractivity contribution in [2.45, 2.75) is 18.9 Å². The van der Waals surface area contributed by atoms with Crippen molar-refractivity contribution in [3.63, 3.8) is 0 Å². The fourth-order valence-electron chi connectivity index (χ4n) is 1.98. The van der Waals surface area contributed by atoms with Crippen molar-refractivity contribution in [2.75, 3.05) is 0 Å². The van der Waals surface area contributed by atoms with Gasteiger partial charge in [0.05, 0.1) is 0 Å². The molecular weight excluding hydrogens is 170 g/mol. The molecule has 0 aromatic rings. The average molecular weight is 187 g/mol. The first-order valence-corrected chi connectivity index (χ1v) is 5.32. The van der Waals surface area contributed by atoms with E-state index >= 15 is 0 Å². The molecule has 1 heteroatoms. The minimum absolute atomic E-state index is 0.285. The van der Waals surface area contributed by atoms with Gasteiger partial charge in [-0.05, 0) is 18.8 Å². The molecule has 14 heavy (non-hydrogen) atoms. The van der Waals surface area contributed by atoms with Gasteiger partial charge in [0.1, 0.15) is 0 Å². The molecule has 0 fully saturated rings. The van der Waals surface area contributed by atoms with Crippen LogP contribution in [0.3, 0.4) is 0 Å². The van der Waals surface area contributed by atoms with Gasteiger partial charge in [-0.3, -0.25) is 0 Å². The zero-order chi connectivity index (χ0) is 9.80. The molecule has 0 aromatic heterocycles. The highest BCUT2D eigenvalue weighted by Crippen LogP contribution is 2.20. The summed E-state index contributed by atoms with van der Waals surface area (Å²) in [6.45, 7) is 0. The Labute approximate surface area is 85.7 Å². The highest BCUT2D eigenvalue weighted by atomic mass is 14.6. The third kappa shape index (κ3) is 2.24. The molecule has 0 spiro atoms. The van der Waals surface area contributed by atoms with E-state index in [1.54, 1.807) is 0 Å². The third-order valence-electron chi connectivity index (χ3n) is 2.93. The summed E-state index contributed by atoms with van der Waals surface area (Å²) < 4.78 is 0. The Morgan fingerprint density at radius 1 is 0.929 bits per heavy atom. The lowest BCUT2D eigenvalue weighted by atomic mass is 9.94. The van der Waals surface area contributed by atoms with E-state index < -0.39 is 0 Å². The maximum Gasteiger partial charge on any atom is 0.0137 e. The van der Waals surface area contributed by atoms with Crippen LogP contribution in [0.25, 0.3) is 0 Å². The summed E-state index contributed by atoms with van der Waals surface area (Å²) in [6, 6.07) is 0.285. The van der Waals surface area contributed by atoms with Crippen molar-refractivity contribution in [1.29, 1.82) is 0 Å². The molecule has 2 aliphatic rings. The summed E-state index contributed by atoms with van der Waals surface area (Å²) in [5.74, 6) is 1.08. The van der Waals surface area contributed by atoms with Gasteiger partial charge in [-0.25, -0.2) is 0 Å². The second kappa shape index (κ2) is 4.43. The van der Waals surface area contributed by atoms with E-state index in [9.17, 15) is 0 Å². The quantitative estimate of drug-likeness (QED) is 0.719. The number of allylic oxidation sites excluding steroid dienone is 6. The zero-order valence-corrected chi connectivity index (χ0v) is 8.34. The summed E-state index contributed by atoms with van der Waals surface area (Å²) >= 11 is 0. The number of hydrogen-bond donors (Lipinski definition) is 1. The highest BCUT2D eigenvalue weighted by molar-refractivity contribution is 5.20. The summed E-state index contributed by atoms with van der Waals surface area (Å²) in [6.07, 6.45) is 19.5. The van der Waals surface area contributed by atoms with Crippen molar-refractivity contribution in [2.24, 2.45) is 17.6 Å². The minimum atomic E-state index is 0.285. The Kier molecular flexibility index (Phi) is 3.00. The normalized spacial score (nSPS) is 22.6. The number of nitrogens with two attached hydrogens (primary N) is 1. The Morgan fingerprint density at radius 2 is 1.50 bits per heavy atom. The average Bonchev–Trinajstić information content (AvgIpc) is 2.87. The largest absolute Gasteiger partial charge is 0.327 e. The van der Waals surface area contributed by atoms with Gasteiger partial charge >= 0.3 is 0 Å². The lowest BCUT2D eigenvalue weighted by molar-refractivity contribution is 0.501. The van der Waals surface area contributed by atoms with Crippen molar-refractivity contribution in [3.8, 4) is 0 Å². The van der Waals surface area contributed by atoms with Crippen LogP contribution in [-0.2, 0) is 0 Å². The second-order valence-corrected chi connectivity index (χ2v) is 4.02. The lowest BCUT2D eigenvalue weighted by Gasteiger charge is -2.16. The van der Waals surface area contributed by atoms with Gasteiger partial charge in [0, 0.05) is 12.0 Å². The maximum absolute atomic E-state index is 6.11. The minimum Gasteiger partial charge on any atom is -0.327 e. The Morgan fingerprint density at radius 3 is 2.14 bits per heavy atom. The molecule has 2 rings (SSSR count). The summed E-state index contributed by atoms with van der Waals surface area (Å²) in [5.41, 5.74) is 6.11. The molecule has 0 saturated heterocycles. The molecule has 0 heterocycles. The zero-order valence-electron chi connectivity index (χ0n) is 8.34. The SMILES string of the molecule is NC(CCC1C=CC=C1)C1C=CC=C1. The molecule has 2 N–H and O–H groups in total. The summed E-state index contributed by atoms with van der Waals surface area (Å²) in [4.78, 5) is 0. The van der Waals surface area contributed by atoms with E-state index in [2.05, 4.69) is 48.6 Å². The topological polar surface area (TPSA) is 26.0 Å². The van der Waals surface area contributed by atoms with E-state index in [1.807, 2.05) is 0 Å². The molecule has 0 aliphatic heterocycles. The van der Waals surface area contributed by atoms with Gasteiger partial charge in [-0.2, -0.15) is 0 Å². The van der Waals surface area contributed by atoms with Gasteiger partial charge in [0.25, 0.3) is 0 Å². The highest BCUT2D eigenvalue weighted by Gasteiger charge is 2.15. The molecule has 0 aromatic carbocycles. The van der Waals surface area contributed by atoms with Crippen LogP contribution in [0.4, 0.5) is 0 Å². The first-order chi connectivity index (χ1) is 6.86. The predicted molar refractivity (Wildman–Crippen MR) is 60.7 cm³/mol. The van der Waals surface area contributed by atoms with Crippen LogP contribution in [0, 0.1) is 11.8 Å². The molecule has 0 saturated carbocycles. The van der Waals surface area contributed by atoms with Crippen LogP contribution in [0.2, 0.25) is 0 Å². The molecule has 0 bridgehead atoms. The Balaban J connectivity index is 1.74. The molecule has 2 aliphatic carbocycles. The number of rotatable bonds is 4. The van der Waals surface area contributed by atoms with Crippen LogP contribution in [0.5, 0.6) is 0 Å². The van der Waals surface area contributed by atoms with Crippen LogP contribution in [0.1, 0.15) is 12.8 Å². The lowest BCUT2D eigenvalue weighted by Crippen LogP contribution is -2.27. The van der Waals surface area contributed by atoms with E-state index in [1.165, 1.54) is 6.42 Å². The van der Waals surface area contributed by atoms with E-state index in [0.29, 0.717) is 11.8 Å². The van der Waals surface area contributed by atoms with Gasteiger partial charge in [-0.1, -0.05) is 48.6 Å². The van der Waals surface area contributed by atoms with E-state index in [4.69, 9.17) is 5.73 Å². The van der Waals surface area contributed by atoms with E-state index in [-0.39, 0.29) is 6.04 Å². The molecule has 0 amide bonds. The standard InChI is InChI=1S/C13H17N/c14-13(12-7-3-4-8-12)10-9-11-5-1-2-6-11/h1-8,11-13H,9-10,14H2. The van der Waals surface area contributed by atoms with E-state index in [0.717, 1.165) is 6.42 Å². The summed E-state index contributed by atoms with van der Waals surface area (Å²) in [5, 5.41) is 0. The number of hydrogen-bond acceptors (Lipinski definition) is 1. The molecule has 1 atom stereocenters. The Bertz CT molecular complexity index is 272. The predicted octanol–water partition coefficient (Wildman–Crippen LogP) is 2.58. The smallest absolute Gasteiger partial charge is 0.0137 e. The van der Waals surface area contributed by atoms with Crippen molar-refractivity contribution in [3.05, 3.63) is 48.6 Å². The molecule has 1 nitrogen and oxygen atoms in total. The van der Waals surface area contributed by atoms with Crippen LogP contribution in [0.15, 0.2) is 48.6 Å². The van der Waals surface area contributed by atoms with Crippen LogP contribution < -0.4 is 5.73 Å². The molecular formula is C13H17N. The summed E-state index contributed by atoms with van der Waals surface area (Å²) in [7, 11) is 0. The van der Waals surface area contributed by atoms with Crippen LogP contribution >= 0.6 is 0 Å². The Hall–Kier alpha value is -1.08.